The molecule has 4 fully saturated rings. The fraction of sp³-hybridized carbons (Fsp3) is 1.00. The molecule has 0 atom stereocenters. The van der Waals surface area contributed by atoms with Crippen LogP contribution in [-0.2, 0) is 4.74 Å². The topological polar surface area (TPSA) is 61.3 Å². The number of hydrogen-bond donors (Lipinski definition) is 0. The number of nitrogens with zero attached hydrogens (tertiary/aromatic N) is 3. The molecule has 3 saturated carbocycles. The van der Waals surface area contributed by atoms with Crippen molar-refractivity contribution in [2.45, 2.75) is 83.5 Å². The first-order chi connectivity index (χ1) is 10.4. The average Bonchev–Trinajstić information content (AvgIpc) is 3.33. The number of azide groups is 1. The van der Waals surface area contributed by atoms with Crippen LogP contribution >= 0.6 is 0 Å². The van der Waals surface area contributed by atoms with Gasteiger partial charge in [0.2, 0.25) is 0 Å². The van der Waals surface area contributed by atoms with Gasteiger partial charge >= 0.3 is 0 Å². The molecule has 1 heterocycles. The van der Waals surface area contributed by atoms with Gasteiger partial charge in [0.05, 0.1) is 13.2 Å². The molecule has 4 aliphatic rings. The Morgan fingerprint density at radius 3 is 1.57 bits per heavy atom. The van der Waals surface area contributed by atoms with Gasteiger partial charge in [0.25, 0.3) is 0 Å². The van der Waals surface area contributed by atoms with Crippen molar-refractivity contribution >= 4 is 0 Å². The minimum absolute atomic E-state index is 0.696. The molecule has 1 saturated heterocycles. The summed E-state index contributed by atoms with van der Waals surface area (Å²) in [6.45, 7) is 2.70. The Kier molecular flexibility index (Phi) is 12.4. The van der Waals surface area contributed by atoms with Gasteiger partial charge < -0.3 is 4.74 Å². The number of epoxide rings is 1. The summed E-state index contributed by atoms with van der Waals surface area (Å²) in [5.41, 5.74) is 8.05. The summed E-state index contributed by atoms with van der Waals surface area (Å²) in [5.74, 6) is 0.842. The standard InChI is InChI=1S/C8H15N3.C4H8.C3H6.C2H4O/c9-11-10-7-6-8-4-2-1-3-5-8;1-2-4-3-1;2*1-2-3-1/h8H,1-7H2;1-4H2;1-3H2;1-2H2. The van der Waals surface area contributed by atoms with Gasteiger partial charge in [0.1, 0.15) is 0 Å². The molecule has 0 radical (unpaired) electrons. The van der Waals surface area contributed by atoms with E-state index in [1.807, 2.05) is 0 Å². The Morgan fingerprint density at radius 1 is 0.810 bits per heavy atom. The lowest BCUT2D eigenvalue weighted by molar-refractivity contribution is 0.343. The van der Waals surface area contributed by atoms with Gasteiger partial charge in [-0.1, -0.05) is 82.2 Å². The van der Waals surface area contributed by atoms with E-state index in [0.29, 0.717) is 6.54 Å². The van der Waals surface area contributed by atoms with Crippen LogP contribution in [0, 0.1) is 5.92 Å². The van der Waals surface area contributed by atoms with Gasteiger partial charge in [0.15, 0.2) is 0 Å². The molecule has 0 aromatic carbocycles. The molecule has 0 aromatic rings. The van der Waals surface area contributed by atoms with E-state index >= 15 is 0 Å². The first-order valence-electron chi connectivity index (χ1n) is 9.02. The second kappa shape index (κ2) is 14.2. The molecule has 1 aliphatic heterocycles. The summed E-state index contributed by atoms with van der Waals surface area (Å²) in [7, 11) is 0. The van der Waals surface area contributed by atoms with E-state index in [-0.39, 0.29) is 0 Å². The van der Waals surface area contributed by atoms with E-state index in [2.05, 4.69) is 14.8 Å². The Labute approximate surface area is 130 Å². The van der Waals surface area contributed by atoms with Crippen LogP contribution in [0.15, 0.2) is 5.11 Å². The van der Waals surface area contributed by atoms with Crippen molar-refractivity contribution in [3.05, 3.63) is 10.4 Å². The van der Waals surface area contributed by atoms with Crippen molar-refractivity contribution in [2.24, 2.45) is 11.0 Å². The highest BCUT2D eigenvalue weighted by molar-refractivity contribution is 4.66. The third kappa shape index (κ3) is 17.2. The van der Waals surface area contributed by atoms with E-state index in [9.17, 15) is 0 Å². The van der Waals surface area contributed by atoms with Gasteiger partial charge in [-0.15, -0.1) is 0 Å². The fourth-order valence-electron chi connectivity index (χ4n) is 2.01. The van der Waals surface area contributed by atoms with Gasteiger partial charge in [-0.05, 0) is 17.9 Å². The minimum Gasteiger partial charge on any atom is -0.377 e. The second-order valence-electron chi connectivity index (χ2n) is 6.33. The summed E-state index contributed by atoms with van der Waals surface area (Å²) < 4.78 is 4.50. The molecule has 0 amide bonds. The third-order valence-electron chi connectivity index (χ3n) is 3.98. The predicted octanol–water partition coefficient (Wildman–Crippen LogP) is 6.01. The van der Waals surface area contributed by atoms with Crippen LogP contribution in [0.25, 0.3) is 10.4 Å². The largest absolute Gasteiger partial charge is 0.377 e. The highest BCUT2D eigenvalue weighted by atomic mass is 16.6. The molecular weight excluding hydrogens is 262 g/mol. The summed E-state index contributed by atoms with van der Waals surface area (Å²) >= 11 is 0. The van der Waals surface area contributed by atoms with Crippen LogP contribution in [0.5, 0.6) is 0 Å². The van der Waals surface area contributed by atoms with Gasteiger partial charge in [-0.3, -0.25) is 0 Å². The van der Waals surface area contributed by atoms with Crippen molar-refractivity contribution in [1.29, 1.82) is 0 Å². The molecule has 4 rings (SSSR count). The quantitative estimate of drug-likeness (QED) is 0.272. The molecule has 122 valence electrons. The van der Waals surface area contributed by atoms with Crippen molar-refractivity contribution in [1.82, 2.24) is 0 Å². The average molecular weight is 295 g/mol. The summed E-state index contributed by atoms with van der Waals surface area (Å²) in [5, 5.41) is 3.55. The molecule has 4 heteroatoms. The fourth-order valence-corrected chi connectivity index (χ4v) is 2.01. The van der Waals surface area contributed by atoms with Gasteiger partial charge in [0, 0.05) is 11.5 Å². The summed E-state index contributed by atoms with van der Waals surface area (Å²) in [6.07, 6.45) is 18.5. The maximum Gasteiger partial charge on any atom is 0.0701 e. The molecule has 4 nitrogen and oxygen atoms in total. The van der Waals surface area contributed by atoms with Crippen LogP contribution in [0.3, 0.4) is 0 Å². The molecular formula is C17H33N3O. The van der Waals surface area contributed by atoms with Gasteiger partial charge in [-0.25, -0.2) is 0 Å². The SMILES string of the molecule is C1CC1.C1CCC1.C1CO1.[N-]=[N+]=NCCC1CCCCC1. The molecule has 0 bridgehead atoms. The normalized spacial score (nSPS) is 21.5. The number of hydrogen-bond acceptors (Lipinski definition) is 2. The Balaban J connectivity index is 0.000000175. The maximum absolute atomic E-state index is 8.05. The van der Waals surface area contributed by atoms with Crippen LogP contribution in [0.1, 0.15) is 83.5 Å². The second-order valence-corrected chi connectivity index (χ2v) is 6.33. The Morgan fingerprint density at radius 2 is 1.24 bits per heavy atom. The molecule has 0 aromatic heterocycles. The molecule has 0 N–H and O–H groups in total. The van der Waals surface area contributed by atoms with Crippen LogP contribution in [0.4, 0.5) is 0 Å². The first kappa shape index (κ1) is 18.3. The first-order valence-corrected chi connectivity index (χ1v) is 9.02. The lowest BCUT2D eigenvalue weighted by Crippen LogP contribution is -2.06. The molecule has 0 spiro atoms. The van der Waals surface area contributed by atoms with Crippen LogP contribution in [0.2, 0.25) is 0 Å². The van der Waals surface area contributed by atoms with Crippen LogP contribution in [-0.4, -0.2) is 19.8 Å². The maximum atomic E-state index is 8.05. The predicted molar refractivity (Wildman–Crippen MR) is 88.3 cm³/mol. The summed E-state index contributed by atoms with van der Waals surface area (Å²) in [4.78, 5) is 2.75. The number of ether oxygens (including phenoxy) is 1. The highest BCUT2D eigenvalue weighted by Gasteiger charge is 2.11. The zero-order valence-corrected chi connectivity index (χ0v) is 13.6. The lowest BCUT2D eigenvalue weighted by Gasteiger charge is -2.20. The van der Waals surface area contributed by atoms with Crippen molar-refractivity contribution in [2.75, 3.05) is 19.8 Å². The summed E-state index contributed by atoms with van der Waals surface area (Å²) in [6, 6.07) is 0. The highest BCUT2D eigenvalue weighted by Crippen LogP contribution is 2.25. The van der Waals surface area contributed by atoms with Crippen molar-refractivity contribution < 1.29 is 4.74 Å². The zero-order valence-electron chi connectivity index (χ0n) is 13.6. The molecule has 3 aliphatic carbocycles. The number of rotatable bonds is 3. The van der Waals surface area contributed by atoms with E-state index in [0.717, 1.165) is 25.6 Å². The zero-order chi connectivity index (χ0) is 15.0. The Bertz CT molecular complexity index is 248. The van der Waals surface area contributed by atoms with E-state index in [4.69, 9.17) is 5.53 Å². The molecule has 21 heavy (non-hydrogen) atoms. The van der Waals surface area contributed by atoms with E-state index in [1.54, 1.807) is 0 Å². The molecule has 0 unspecified atom stereocenters. The van der Waals surface area contributed by atoms with E-state index < -0.39 is 0 Å². The van der Waals surface area contributed by atoms with Crippen LogP contribution < -0.4 is 0 Å². The van der Waals surface area contributed by atoms with E-state index in [1.165, 1.54) is 77.0 Å². The van der Waals surface area contributed by atoms with Crippen molar-refractivity contribution in [3.63, 3.8) is 0 Å². The smallest absolute Gasteiger partial charge is 0.0701 e. The lowest BCUT2D eigenvalue weighted by atomic mass is 9.87. The Hall–Kier alpha value is -0.730. The monoisotopic (exact) mass is 295 g/mol. The van der Waals surface area contributed by atoms with Crippen molar-refractivity contribution in [3.8, 4) is 0 Å². The minimum atomic E-state index is 0.696. The third-order valence-corrected chi connectivity index (χ3v) is 3.98. The van der Waals surface area contributed by atoms with Gasteiger partial charge in [-0.2, -0.15) is 0 Å².